The van der Waals surface area contributed by atoms with Gasteiger partial charge in [-0.1, -0.05) is 37.3 Å². The number of nitrogens with one attached hydrogen (secondary N) is 1. The minimum Gasteiger partial charge on any atom is -0.484 e. The first-order chi connectivity index (χ1) is 11.7. The summed E-state index contributed by atoms with van der Waals surface area (Å²) < 4.78 is 18.9. The van der Waals surface area contributed by atoms with Gasteiger partial charge in [0.05, 0.1) is 0 Å². The van der Waals surface area contributed by atoms with Crippen molar-refractivity contribution < 1.29 is 13.9 Å². The SMILES string of the molecule is CCc1ccc(OCC(=O)NCCSCc2ccccc2F)cc1. The van der Waals surface area contributed by atoms with Crippen molar-refractivity contribution in [1.29, 1.82) is 0 Å². The van der Waals surface area contributed by atoms with Gasteiger partial charge in [-0.15, -0.1) is 0 Å². The van der Waals surface area contributed by atoms with E-state index in [9.17, 15) is 9.18 Å². The molecule has 0 unspecified atom stereocenters. The number of benzene rings is 2. The molecule has 0 saturated heterocycles. The Morgan fingerprint density at radius 1 is 1.17 bits per heavy atom. The molecule has 0 bridgehead atoms. The van der Waals surface area contributed by atoms with E-state index >= 15 is 0 Å². The first kappa shape index (κ1) is 18.3. The van der Waals surface area contributed by atoms with Gasteiger partial charge in [0, 0.05) is 18.1 Å². The van der Waals surface area contributed by atoms with E-state index in [1.54, 1.807) is 23.9 Å². The lowest BCUT2D eigenvalue weighted by atomic mass is 10.2. The van der Waals surface area contributed by atoms with E-state index in [-0.39, 0.29) is 18.3 Å². The van der Waals surface area contributed by atoms with Gasteiger partial charge in [-0.2, -0.15) is 11.8 Å². The van der Waals surface area contributed by atoms with Crippen molar-refractivity contribution in [3.8, 4) is 5.75 Å². The van der Waals surface area contributed by atoms with Gasteiger partial charge in [0.2, 0.25) is 0 Å². The normalized spacial score (nSPS) is 10.4. The molecule has 0 atom stereocenters. The Hall–Kier alpha value is -2.01. The second kappa shape index (κ2) is 9.98. The second-order valence-electron chi connectivity index (χ2n) is 5.28. The molecule has 2 aromatic rings. The average molecular weight is 347 g/mol. The molecule has 2 rings (SSSR count). The number of hydrogen-bond donors (Lipinski definition) is 1. The molecule has 0 aliphatic heterocycles. The van der Waals surface area contributed by atoms with E-state index in [4.69, 9.17) is 4.74 Å². The maximum Gasteiger partial charge on any atom is 0.257 e. The topological polar surface area (TPSA) is 38.3 Å². The highest BCUT2D eigenvalue weighted by Crippen LogP contribution is 2.15. The van der Waals surface area contributed by atoms with Gasteiger partial charge < -0.3 is 10.1 Å². The molecule has 0 fully saturated rings. The van der Waals surface area contributed by atoms with Crippen LogP contribution in [0, 0.1) is 5.82 Å². The lowest BCUT2D eigenvalue weighted by Gasteiger charge is -2.08. The van der Waals surface area contributed by atoms with Crippen molar-refractivity contribution in [3.05, 3.63) is 65.5 Å². The first-order valence-corrected chi connectivity index (χ1v) is 9.14. The molecule has 128 valence electrons. The van der Waals surface area contributed by atoms with Crippen LogP contribution >= 0.6 is 11.8 Å². The molecule has 0 radical (unpaired) electrons. The standard InChI is InChI=1S/C19H22FNO2S/c1-2-15-7-9-17(10-8-15)23-13-19(22)21-11-12-24-14-16-5-3-4-6-18(16)20/h3-10H,2,11-14H2,1H3,(H,21,22). The number of thioether (sulfide) groups is 1. The highest BCUT2D eigenvalue weighted by Gasteiger charge is 2.03. The summed E-state index contributed by atoms with van der Waals surface area (Å²) in [5.74, 6) is 1.68. The van der Waals surface area contributed by atoms with Gasteiger partial charge in [-0.25, -0.2) is 4.39 Å². The van der Waals surface area contributed by atoms with Crippen LogP contribution in [0.4, 0.5) is 4.39 Å². The third kappa shape index (κ3) is 6.24. The molecular formula is C19H22FNO2S. The molecule has 2 aromatic carbocycles. The molecular weight excluding hydrogens is 325 g/mol. The summed E-state index contributed by atoms with van der Waals surface area (Å²) in [7, 11) is 0. The van der Waals surface area contributed by atoms with Crippen LogP contribution in [0.1, 0.15) is 18.1 Å². The largest absolute Gasteiger partial charge is 0.484 e. The Balaban J connectivity index is 1.58. The minimum absolute atomic E-state index is 0.00342. The van der Waals surface area contributed by atoms with E-state index in [1.165, 1.54) is 11.6 Å². The smallest absolute Gasteiger partial charge is 0.257 e. The summed E-state index contributed by atoms with van der Waals surface area (Å²) in [6.07, 6.45) is 0.977. The van der Waals surface area contributed by atoms with Crippen LogP contribution in [0.3, 0.4) is 0 Å². The average Bonchev–Trinajstić information content (AvgIpc) is 2.61. The summed E-state index contributed by atoms with van der Waals surface area (Å²) >= 11 is 1.59. The fraction of sp³-hybridized carbons (Fsp3) is 0.316. The van der Waals surface area contributed by atoms with Crippen molar-refractivity contribution >= 4 is 17.7 Å². The maximum absolute atomic E-state index is 13.4. The van der Waals surface area contributed by atoms with Gasteiger partial charge in [0.25, 0.3) is 5.91 Å². The number of aryl methyl sites for hydroxylation is 1. The van der Waals surface area contributed by atoms with Crippen molar-refractivity contribution in [1.82, 2.24) is 5.32 Å². The second-order valence-corrected chi connectivity index (χ2v) is 6.39. The third-order valence-corrected chi connectivity index (χ3v) is 4.49. The number of amides is 1. The first-order valence-electron chi connectivity index (χ1n) is 7.98. The number of halogens is 1. The van der Waals surface area contributed by atoms with Gasteiger partial charge in [-0.05, 0) is 35.7 Å². The molecule has 0 aromatic heterocycles. The van der Waals surface area contributed by atoms with E-state index in [0.717, 1.165) is 12.2 Å². The van der Waals surface area contributed by atoms with Gasteiger partial charge >= 0.3 is 0 Å². The monoisotopic (exact) mass is 347 g/mol. The lowest BCUT2D eigenvalue weighted by molar-refractivity contribution is -0.122. The predicted octanol–water partition coefficient (Wildman–Crippen LogP) is 3.82. The molecule has 0 heterocycles. The number of carbonyl (C=O) groups excluding carboxylic acids is 1. The van der Waals surface area contributed by atoms with Crippen LogP contribution in [0.15, 0.2) is 48.5 Å². The lowest BCUT2D eigenvalue weighted by Crippen LogP contribution is -2.30. The fourth-order valence-electron chi connectivity index (χ4n) is 2.08. The third-order valence-electron chi connectivity index (χ3n) is 3.49. The fourth-order valence-corrected chi connectivity index (χ4v) is 2.93. The minimum atomic E-state index is -0.184. The Kier molecular flexibility index (Phi) is 7.62. The highest BCUT2D eigenvalue weighted by molar-refractivity contribution is 7.98. The summed E-state index contributed by atoms with van der Waals surface area (Å²) in [6.45, 7) is 2.63. The predicted molar refractivity (Wildman–Crippen MR) is 96.9 cm³/mol. The molecule has 0 aliphatic carbocycles. The Labute approximate surface area is 146 Å². The van der Waals surface area contributed by atoms with Crippen molar-refractivity contribution in [2.75, 3.05) is 18.9 Å². The molecule has 24 heavy (non-hydrogen) atoms. The van der Waals surface area contributed by atoms with E-state index in [1.807, 2.05) is 30.3 Å². The number of carbonyl (C=O) groups is 1. The van der Waals surface area contributed by atoms with Crippen molar-refractivity contribution in [2.45, 2.75) is 19.1 Å². The van der Waals surface area contributed by atoms with Crippen molar-refractivity contribution in [2.24, 2.45) is 0 Å². The summed E-state index contributed by atoms with van der Waals surface area (Å²) in [5, 5.41) is 2.80. The summed E-state index contributed by atoms with van der Waals surface area (Å²) in [4.78, 5) is 11.7. The van der Waals surface area contributed by atoms with E-state index < -0.39 is 0 Å². The molecule has 1 amide bonds. The van der Waals surface area contributed by atoms with Crippen LogP contribution in [-0.4, -0.2) is 24.8 Å². The van der Waals surface area contributed by atoms with Crippen LogP contribution in [0.2, 0.25) is 0 Å². The zero-order valence-electron chi connectivity index (χ0n) is 13.8. The molecule has 0 saturated carbocycles. The van der Waals surface area contributed by atoms with E-state index in [0.29, 0.717) is 23.6 Å². The molecule has 3 nitrogen and oxygen atoms in total. The molecule has 0 spiro atoms. The van der Waals surface area contributed by atoms with Gasteiger partial charge in [0.15, 0.2) is 6.61 Å². The maximum atomic E-state index is 13.4. The Morgan fingerprint density at radius 2 is 1.92 bits per heavy atom. The summed E-state index contributed by atoms with van der Waals surface area (Å²) in [5.41, 5.74) is 1.92. The number of rotatable bonds is 9. The Morgan fingerprint density at radius 3 is 2.62 bits per heavy atom. The number of ether oxygens (including phenoxy) is 1. The van der Waals surface area contributed by atoms with Crippen LogP contribution in [-0.2, 0) is 17.0 Å². The highest BCUT2D eigenvalue weighted by atomic mass is 32.2. The van der Waals surface area contributed by atoms with E-state index in [2.05, 4.69) is 12.2 Å². The molecule has 0 aliphatic rings. The van der Waals surface area contributed by atoms with Crippen LogP contribution < -0.4 is 10.1 Å². The van der Waals surface area contributed by atoms with Gasteiger partial charge in [-0.3, -0.25) is 4.79 Å². The van der Waals surface area contributed by atoms with Crippen LogP contribution in [0.25, 0.3) is 0 Å². The molecule has 1 N–H and O–H groups in total. The quantitative estimate of drug-likeness (QED) is 0.701. The Bertz CT molecular complexity index is 646. The zero-order chi connectivity index (χ0) is 17.2. The van der Waals surface area contributed by atoms with Crippen LogP contribution in [0.5, 0.6) is 5.75 Å². The summed E-state index contributed by atoms with van der Waals surface area (Å²) in [6, 6.07) is 14.5. The van der Waals surface area contributed by atoms with Crippen molar-refractivity contribution in [3.63, 3.8) is 0 Å². The molecule has 5 heteroatoms. The zero-order valence-corrected chi connectivity index (χ0v) is 14.6. The van der Waals surface area contributed by atoms with Gasteiger partial charge in [0.1, 0.15) is 11.6 Å². The number of hydrogen-bond acceptors (Lipinski definition) is 3.